The lowest BCUT2D eigenvalue weighted by Crippen LogP contribution is -2.33. The Morgan fingerprint density at radius 2 is 2.05 bits per heavy atom. The van der Waals surface area contributed by atoms with Gasteiger partial charge >= 0.3 is 5.97 Å². The molecule has 1 heterocycles. The van der Waals surface area contributed by atoms with Crippen LogP contribution in [-0.4, -0.2) is 24.4 Å². The highest BCUT2D eigenvalue weighted by molar-refractivity contribution is 7.19. The number of thiophene rings is 1. The van der Waals surface area contributed by atoms with Crippen molar-refractivity contribution < 1.29 is 14.3 Å². The van der Waals surface area contributed by atoms with Crippen LogP contribution in [0.5, 0.6) is 0 Å². The fraction of sp³-hybridized carbons (Fsp3) is 0.600. The second-order valence-electron chi connectivity index (χ2n) is 5.94. The van der Waals surface area contributed by atoms with Crippen molar-refractivity contribution in [3.05, 3.63) is 10.4 Å². The molecule has 1 aromatic heterocycles. The lowest BCUT2D eigenvalue weighted by molar-refractivity contribution is 0.0603. The van der Waals surface area contributed by atoms with Crippen LogP contribution in [0.2, 0.25) is 0 Å². The maximum Gasteiger partial charge on any atom is 0.343 e. The number of hydrogen-bond donors (Lipinski definition) is 2. The number of nitrogens with one attached hydrogen (secondary N) is 1. The van der Waals surface area contributed by atoms with Crippen LogP contribution in [0.4, 0.5) is 10.7 Å². The summed E-state index contributed by atoms with van der Waals surface area (Å²) in [7, 11) is 1.32. The van der Waals surface area contributed by atoms with E-state index in [2.05, 4.69) is 19.2 Å². The molecule has 1 fully saturated rings. The average Bonchev–Trinajstić information content (AvgIpc) is 3.24. The van der Waals surface area contributed by atoms with Gasteiger partial charge in [0.25, 0.3) is 0 Å². The molecule has 0 aromatic carbocycles. The van der Waals surface area contributed by atoms with E-state index in [0.717, 1.165) is 0 Å². The van der Waals surface area contributed by atoms with Gasteiger partial charge in [-0.1, -0.05) is 6.92 Å². The number of ketones is 1. The molecule has 21 heavy (non-hydrogen) atoms. The van der Waals surface area contributed by atoms with Gasteiger partial charge < -0.3 is 15.8 Å². The Bertz CT molecular complexity index is 574. The van der Waals surface area contributed by atoms with Crippen LogP contribution in [0.1, 0.15) is 60.1 Å². The predicted molar refractivity (Wildman–Crippen MR) is 85.1 cm³/mol. The summed E-state index contributed by atoms with van der Waals surface area (Å²) in [4.78, 5) is 24.4. The van der Waals surface area contributed by atoms with Crippen molar-refractivity contribution >= 4 is 33.8 Å². The molecule has 0 radical (unpaired) electrons. The number of carbonyl (C=O) groups excluding carboxylic acids is 2. The number of carbonyl (C=O) groups is 2. The summed E-state index contributed by atoms with van der Waals surface area (Å²) in [5.41, 5.74) is 6.40. The Hall–Kier alpha value is -1.56. The van der Waals surface area contributed by atoms with Crippen molar-refractivity contribution in [2.45, 2.75) is 45.6 Å². The van der Waals surface area contributed by atoms with Crippen LogP contribution in [0.25, 0.3) is 0 Å². The lowest BCUT2D eigenvalue weighted by Gasteiger charge is -2.27. The van der Waals surface area contributed by atoms with Crippen molar-refractivity contribution in [1.29, 1.82) is 0 Å². The van der Waals surface area contributed by atoms with Crippen molar-refractivity contribution in [2.75, 3.05) is 18.2 Å². The highest BCUT2D eigenvalue weighted by atomic mass is 32.1. The van der Waals surface area contributed by atoms with E-state index in [1.807, 2.05) is 0 Å². The normalized spacial score (nSPS) is 14.9. The Morgan fingerprint density at radius 3 is 2.52 bits per heavy atom. The summed E-state index contributed by atoms with van der Waals surface area (Å²) in [6, 6.07) is 0. The zero-order valence-corrected chi connectivity index (χ0v) is 13.7. The smallest absolute Gasteiger partial charge is 0.343 e. The first-order chi connectivity index (χ1) is 9.81. The van der Waals surface area contributed by atoms with E-state index in [4.69, 9.17) is 10.5 Å². The average molecular weight is 310 g/mol. The predicted octanol–water partition coefficient (Wildman–Crippen LogP) is 3.31. The van der Waals surface area contributed by atoms with E-state index < -0.39 is 5.97 Å². The van der Waals surface area contributed by atoms with Crippen molar-refractivity contribution in [1.82, 2.24) is 0 Å². The van der Waals surface area contributed by atoms with Gasteiger partial charge in [0.15, 0.2) is 5.78 Å². The van der Waals surface area contributed by atoms with Crippen molar-refractivity contribution in [2.24, 2.45) is 5.92 Å². The number of methoxy groups -OCH3 is 1. The Labute approximate surface area is 128 Å². The first-order valence-electron chi connectivity index (χ1n) is 7.13. The number of hydrogen-bond acceptors (Lipinski definition) is 6. The Balaban J connectivity index is 2.42. The first kappa shape index (κ1) is 15.8. The Kier molecular flexibility index (Phi) is 4.27. The van der Waals surface area contributed by atoms with Gasteiger partial charge in [-0.3, -0.25) is 4.79 Å². The van der Waals surface area contributed by atoms with E-state index in [0.29, 0.717) is 22.2 Å². The number of nitrogens with two attached hydrogens (primary N) is 1. The molecule has 0 spiro atoms. The third-order valence-electron chi connectivity index (χ3n) is 3.94. The van der Waals surface area contributed by atoms with E-state index in [9.17, 15) is 9.59 Å². The summed E-state index contributed by atoms with van der Waals surface area (Å²) >= 11 is 1.25. The van der Waals surface area contributed by atoms with Crippen LogP contribution in [-0.2, 0) is 4.74 Å². The zero-order valence-electron chi connectivity index (χ0n) is 12.9. The molecule has 2 rings (SSSR count). The monoisotopic (exact) mass is 310 g/mol. The molecule has 0 aliphatic heterocycles. The molecule has 1 aromatic rings. The van der Waals surface area contributed by atoms with Gasteiger partial charge in [0.1, 0.15) is 10.6 Å². The summed E-state index contributed by atoms with van der Waals surface area (Å²) in [5.74, 6) is 0.0181. The van der Waals surface area contributed by atoms with E-state index >= 15 is 0 Å². The van der Waals surface area contributed by atoms with Gasteiger partial charge in [-0.25, -0.2) is 4.79 Å². The minimum Gasteiger partial charge on any atom is -0.465 e. The molecule has 6 heteroatoms. The molecule has 0 bridgehead atoms. The summed E-state index contributed by atoms with van der Waals surface area (Å²) < 4.78 is 4.81. The molecule has 1 aliphatic rings. The molecule has 0 unspecified atom stereocenters. The fourth-order valence-corrected chi connectivity index (χ4v) is 3.69. The maximum atomic E-state index is 12.0. The number of anilines is 2. The third-order valence-corrected chi connectivity index (χ3v) is 5.10. The van der Waals surface area contributed by atoms with Crippen LogP contribution >= 0.6 is 11.3 Å². The van der Waals surface area contributed by atoms with Crippen LogP contribution < -0.4 is 11.1 Å². The lowest BCUT2D eigenvalue weighted by atomic mass is 9.99. The van der Waals surface area contributed by atoms with E-state index in [1.54, 1.807) is 6.92 Å². The molecule has 0 atom stereocenters. The molecular formula is C15H22N2O3S. The van der Waals surface area contributed by atoms with Gasteiger partial charge in [0.2, 0.25) is 0 Å². The third kappa shape index (κ3) is 3.05. The van der Waals surface area contributed by atoms with Crippen LogP contribution in [0, 0.1) is 5.92 Å². The maximum absolute atomic E-state index is 12.0. The highest BCUT2D eigenvalue weighted by Gasteiger charge is 2.39. The molecule has 1 saturated carbocycles. The number of Topliss-reactive ketones (excluding diaryl/α,β-unsaturated/α-hetero) is 1. The molecule has 116 valence electrons. The molecule has 0 saturated heterocycles. The summed E-state index contributed by atoms with van der Waals surface area (Å²) in [6.07, 6.45) is 2.71. The van der Waals surface area contributed by atoms with Gasteiger partial charge in [-0.15, -0.1) is 11.3 Å². The molecule has 1 aliphatic carbocycles. The standard InChI is InChI=1S/C15H22N2O3S/c1-5-9(18)12-11(16)10(14(19)20-4)13(21-12)17-15(2,3)8-6-7-8/h8,17H,5-7,16H2,1-4H3. The first-order valence-corrected chi connectivity index (χ1v) is 7.95. The number of ether oxygens (including phenoxy) is 1. The highest BCUT2D eigenvalue weighted by Crippen LogP contribution is 2.44. The zero-order chi connectivity index (χ0) is 15.8. The molecule has 5 nitrogen and oxygen atoms in total. The number of nitrogen functional groups attached to an aromatic ring is 1. The van der Waals surface area contributed by atoms with Gasteiger partial charge in [-0.05, 0) is 32.6 Å². The largest absolute Gasteiger partial charge is 0.465 e. The van der Waals surface area contributed by atoms with E-state index in [-0.39, 0.29) is 22.6 Å². The van der Waals surface area contributed by atoms with E-state index in [1.165, 1.54) is 31.3 Å². The van der Waals surface area contributed by atoms with Gasteiger partial charge in [0.05, 0.1) is 17.7 Å². The van der Waals surface area contributed by atoms with Gasteiger partial charge in [0, 0.05) is 12.0 Å². The van der Waals surface area contributed by atoms with Crippen LogP contribution in [0.3, 0.4) is 0 Å². The summed E-state index contributed by atoms with van der Waals surface area (Å²) in [5, 5.41) is 4.02. The van der Waals surface area contributed by atoms with Crippen molar-refractivity contribution in [3.63, 3.8) is 0 Å². The van der Waals surface area contributed by atoms with Crippen molar-refractivity contribution in [3.8, 4) is 0 Å². The second-order valence-corrected chi connectivity index (χ2v) is 6.96. The number of rotatable bonds is 6. The summed E-state index contributed by atoms with van der Waals surface area (Å²) in [6.45, 7) is 5.98. The fourth-order valence-electron chi connectivity index (χ4n) is 2.40. The topological polar surface area (TPSA) is 81.4 Å². The van der Waals surface area contributed by atoms with Crippen LogP contribution in [0.15, 0.2) is 0 Å². The number of esters is 1. The Morgan fingerprint density at radius 1 is 1.43 bits per heavy atom. The quantitative estimate of drug-likeness (QED) is 0.622. The molecule has 3 N–H and O–H groups in total. The minimum atomic E-state index is -0.506. The molecular weight excluding hydrogens is 288 g/mol. The SMILES string of the molecule is CCC(=O)c1sc(NC(C)(C)C2CC2)c(C(=O)OC)c1N. The van der Waals surface area contributed by atoms with Gasteiger partial charge in [-0.2, -0.15) is 0 Å². The minimum absolute atomic E-state index is 0.0556. The molecule has 0 amide bonds. The second kappa shape index (κ2) is 5.67.